The fourth-order valence-electron chi connectivity index (χ4n) is 8.64. The third-order valence-electron chi connectivity index (χ3n) is 11.3. The molecule has 0 bridgehead atoms. The van der Waals surface area contributed by atoms with Crippen LogP contribution in [0.3, 0.4) is 0 Å². The Labute approximate surface area is 332 Å². The highest BCUT2D eigenvalue weighted by Crippen LogP contribution is 2.41. The van der Waals surface area contributed by atoms with Gasteiger partial charge in [0.15, 0.2) is 17.5 Å². The van der Waals surface area contributed by atoms with Crippen molar-refractivity contribution in [2.75, 3.05) is 0 Å². The van der Waals surface area contributed by atoms with E-state index < -0.39 is 0 Å². The maximum atomic E-state index is 6.34. The van der Waals surface area contributed by atoms with Crippen LogP contribution >= 0.6 is 0 Å². The van der Waals surface area contributed by atoms with E-state index in [1.54, 1.807) is 0 Å². The van der Waals surface area contributed by atoms with Crippen LogP contribution in [0.5, 0.6) is 0 Å². The summed E-state index contributed by atoms with van der Waals surface area (Å²) in [5, 5.41) is 8.62. The van der Waals surface area contributed by atoms with E-state index in [4.69, 9.17) is 23.8 Å². The van der Waals surface area contributed by atoms with E-state index in [1.165, 1.54) is 0 Å². The third-order valence-corrected chi connectivity index (χ3v) is 11.3. The summed E-state index contributed by atoms with van der Waals surface area (Å²) >= 11 is 0. The highest BCUT2D eigenvalue weighted by atomic mass is 16.3. The predicted octanol–water partition coefficient (Wildman–Crippen LogP) is 14.3. The lowest BCUT2D eigenvalue weighted by Crippen LogP contribution is -2.02. The highest BCUT2D eigenvalue weighted by molar-refractivity contribution is 6.14. The molecule has 0 aliphatic heterocycles. The average molecular weight is 742 g/mol. The van der Waals surface area contributed by atoms with Gasteiger partial charge in [0.2, 0.25) is 0 Å². The first-order valence-electron chi connectivity index (χ1n) is 19.4. The molecule has 3 aromatic heterocycles. The number of benzene rings is 9. The molecule has 12 rings (SSSR count). The monoisotopic (exact) mass is 741 g/mol. The zero-order valence-corrected chi connectivity index (χ0v) is 31.1. The van der Waals surface area contributed by atoms with Gasteiger partial charge in [-0.2, -0.15) is 0 Å². The van der Waals surface area contributed by atoms with Crippen LogP contribution in [0.1, 0.15) is 0 Å². The summed E-state index contributed by atoms with van der Waals surface area (Å²) in [5.74, 6) is 1.77. The molecular weight excluding hydrogens is 711 g/mol. The Morgan fingerprint density at radius 3 is 1.48 bits per heavy atom. The minimum absolute atomic E-state index is 0.580. The van der Waals surface area contributed by atoms with Gasteiger partial charge in [0.25, 0.3) is 0 Å². The van der Waals surface area contributed by atoms with Crippen molar-refractivity contribution in [1.29, 1.82) is 0 Å². The van der Waals surface area contributed by atoms with Crippen molar-refractivity contribution in [3.05, 3.63) is 188 Å². The van der Waals surface area contributed by atoms with Crippen molar-refractivity contribution in [2.24, 2.45) is 0 Å². The summed E-state index contributed by atoms with van der Waals surface area (Å²) in [4.78, 5) is 16.0. The van der Waals surface area contributed by atoms with Crippen molar-refractivity contribution in [3.63, 3.8) is 0 Å². The number of furan rings is 2. The van der Waals surface area contributed by atoms with Crippen molar-refractivity contribution < 1.29 is 8.83 Å². The Bertz CT molecular complexity index is 3580. The largest absolute Gasteiger partial charge is 0.456 e. The van der Waals surface area contributed by atoms with Gasteiger partial charge in [-0.15, -0.1) is 0 Å². The molecule has 58 heavy (non-hydrogen) atoms. The summed E-state index contributed by atoms with van der Waals surface area (Å²) < 4.78 is 12.6. The van der Waals surface area contributed by atoms with Crippen molar-refractivity contribution in [2.45, 2.75) is 0 Å². The second-order valence-corrected chi connectivity index (χ2v) is 14.7. The Morgan fingerprint density at radius 1 is 0.276 bits per heavy atom. The number of nitrogens with zero attached hydrogens (tertiary/aromatic N) is 3. The van der Waals surface area contributed by atoms with Gasteiger partial charge in [-0.05, 0) is 86.3 Å². The predicted molar refractivity (Wildman–Crippen MR) is 237 cm³/mol. The van der Waals surface area contributed by atoms with Gasteiger partial charge in [0.1, 0.15) is 22.3 Å². The number of aromatic nitrogens is 3. The van der Waals surface area contributed by atoms with Crippen LogP contribution in [-0.2, 0) is 0 Å². The zero-order valence-electron chi connectivity index (χ0n) is 31.1. The van der Waals surface area contributed by atoms with Gasteiger partial charge in [0.05, 0.1) is 0 Å². The van der Waals surface area contributed by atoms with Crippen LogP contribution in [0.25, 0.3) is 122 Å². The number of fused-ring (bicyclic) bond motifs is 8. The fourth-order valence-corrected chi connectivity index (χ4v) is 8.64. The maximum absolute atomic E-state index is 6.34. The first-order valence-corrected chi connectivity index (χ1v) is 19.4. The van der Waals surface area contributed by atoms with E-state index in [9.17, 15) is 0 Å². The first-order chi connectivity index (χ1) is 28.7. The Hall–Kier alpha value is -7.89. The molecule has 0 saturated heterocycles. The molecule has 0 fully saturated rings. The number of para-hydroxylation sites is 2. The summed E-state index contributed by atoms with van der Waals surface area (Å²) in [6.45, 7) is 0. The average Bonchev–Trinajstić information content (AvgIpc) is 3.87. The summed E-state index contributed by atoms with van der Waals surface area (Å²) in [5.41, 5.74) is 10.5. The summed E-state index contributed by atoms with van der Waals surface area (Å²) in [7, 11) is 0. The van der Waals surface area contributed by atoms with E-state index in [0.717, 1.165) is 104 Å². The van der Waals surface area contributed by atoms with E-state index in [1.807, 2.05) is 54.6 Å². The minimum atomic E-state index is 0.580. The molecule has 0 atom stereocenters. The molecule has 0 amide bonds. The van der Waals surface area contributed by atoms with Gasteiger partial charge >= 0.3 is 0 Å². The maximum Gasteiger partial charge on any atom is 0.164 e. The van der Waals surface area contributed by atoms with E-state index in [2.05, 4.69) is 133 Å². The van der Waals surface area contributed by atoms with E-state index >= 15 is 0 Å². The third kappa shape index (κ3) is 5.14. The topological polar surface area (TPSA) is 65.0 Å². The quantitative estimate of drug-likeness (QED) is 0.176. The summed E-state index contributed by atoms with van der Waals surface area (Å²) in [6, 6.07) is 65.2. The smallest absolute Gasteiger partial charge is 0.164 e. The SMILES string of the molecule is c1ccc(-c2cc3ccccc3cc2-c2nc(-c3cccc4cc(-c5cccc6oc7ccccc7c56)ccc34)nc(-c3cccc4oc5ccccc5c34)n2)cc1. The van der Waals surface area contributed by atoms with Crippen molar-refractivity contribution in [3.8, 4) is 56.4 Å². The standard InChI is InChI=1S/C53H31N3O2/c1-2-13-32(14-3-1)43-30-33-15-4-5-16-34(33)31-44(43)53-55-51(54-52(56-53)42-22-12-26-48-50(42)41-19-7-9-24-46(41)58-48)39-21-10-17-35-29-36(27-28-37(35)39)38-20-11-25-47-49(38)40-18-6-8-23-45(40)57-47/h1-31H. The molecule has 0 spiro atoms. The van der Waals surface area contributed by atoms with Crippen LogP contribution in [0, 0.1) is 0 Å². The molecule has 5 nitrogen and oxygen atoms in total. The van der Waals surface area contributed by atoms with Crippen LogP contribution in [0.2, 0.25) is 0 Å². The molecule has 9 aromatic carbocycles. The molecule has 0 aliphatic carbocycles. The molecular formula is C53H31N3O2. The Kier molecular flexibility index (Phi) is 7.16. The van der Waals surface area contributed by atoms with Gasteiger partial charge in [0, 0.05) is 38.2 Å². The lowest BCUT2D eigenvalue weighted by Gasteiger charge is -2.15. The lowest BCUT2D eigenvalue weighted by atomic mass is 9.94. The highest BCUT2D eigenvalue weighted by Gasteiger charge is 2.21. The van der Waals surface area contributed by atoms with Crippen LogP contribution in [0.15, 0.2) is 197 Å². The van der Waals surface area contributed by atoms with Gasteiger partial charge in [-0.25, -0.2) is 15.0 Å². The van der Waals surface area contributed by atoms with Crippen molar-refractivity contribution in [1.82, 2.24) is 15.0 Å². The van der Waals surface area contributed by atoms with Gasteiger partial charge in [-0.1, -0.05) is 146 Å². The lowest BCUT2D eigenvalue weighted by molar-refractivity contribution is 0.668. The molecule has 270 valence electrons. The Morgan fingerprint density at radius 2 is 0.776 bits per heavy atom. The van der Waals surface area contributed by atoms with Crippen molar-refractivity contribution >= 4 is 65.4 Å². The minimum Gasteiger partial charge on any atom is -0.456 e. The molecule has 12 aromatic rings. The molecule has 0 N–H and O–H groups in total. The fraction of sp³-hybridized carbons (Fsp3) is 0. The molecule has 0 aliphatic rings. The second-order valence-electron chi connectivity index (χ2n) is 14.7. The first kappa shape index (κ1) is 32.4. The molecule has 3 heterocycles. The van der Waals surface area contributed by atoms with Crippen LogP contribution in [-0.4, -0.2) is 15.0 Å². The van der Waals surface area contributed by atoms with Gasteiger partial charge in [-0.3, -0.25) is 0 Å². The summed E-state index contributed by atoms with van der Waals surface area (Å²) in [6.07, 6.45) is 0. The number of hydrogen-bond donors (Lipinski definition) is 0. The van der Waals surface area contributed by atoms with Crippen LogP contribution < -0.4 is 0 Å². The van der Waals surface area contributed by atoms with E-state index in [-0.39, 0.29) is 0 Å². The molecule has 0 unspecified atom stereocenters. The van der Waals surface area contributed by atoms with E-state index in [0.29, 0.717) is 17.5 Å². The second kappa shape index (κ2) is 12.8. The van der Waals surface area contributed by atoms with Gasteiger partial charge < -0.3 is 8.83 Å². The molecule has 0 radical (unpaired) electrons. The number of hydrogen-bond acceptors (Lipinski definition) is 5. The van der Waals surface area contributed by atoms with Crippen LogP contribution in [0.4, 0.5) is 0 Å². The molecule has 0 saturated carbocycles. The number of rotatable bonds is 5. The molecule has 5 heteroatoms. The Balaban J connectivity index is 1.11. The zero-order chi connectivity index (χ0) is 38.2. The normalized spacial score (nSPS) is 11.8.